The molecule has 0 fully saturated rings. The lowest BCUT2D eigenvalue weighted by atomic mass is 9.91. The minimum atomic E-state index is -2.50. The second-order valence-electron chi connectivity index (χ2n) is 3.40. The van der Waals surface area contributed by atoms with Crippen LogP contribution in [0.25, 0.3) is 0 Å². The third-order valence-corrected chi connectivity index (χ3v) is 2.71. The summed E-state index contributed by atoms with van der Waals surface area (Å²) in [5, 5.41) is 10.3. The summed E-state index contributed by atoms with van der Waals surface area (Å²) < 4.78 is 0. The van der Waals surface area contributed by atoms with Gasteiger partial charge in [-0.25, -0.2) is 0 Å². The SMILES string of the molecule is Cc1cc(C(O)(C(N)=O)C(N)=O)ccc1Cl. The molecule has 0 aliphatic heterocycles. The quantitative estimate of drug-likeness (QED) is 0.640. The van der Waals surface area contributed by atoms with Gasteiger partial charge in [0.05, 0.1) is 0 Å². The molecule has 0 saturated carbocycles. The Hall–Kier alpha value is -1.59. The van der Waals surface area contributed by atoms with E-state index in [0.29, 0.717) is 10.6 Å². The molecule has 5 N–H and O–H groups in total. The van der Waals surface area contributed by atoms with E-state index in [-0.39, 0.29) is 5.56 Å². The highest BCUT2D eigenvalue weighted by Gasteiger charge is 2.42. The first-order valence-electron chi connectivity index (χ1n) is 4.39. The summed E-state index contributed by atoms with van der Waals surface area (Å²) in [6, 6.07) is 4.16. The van der Waals surface area contributed by atoms with Crippen molar-refractivity contribution in [2.75, 3.05) is 0 Å². The zero-order chi connectivity index (χ0) is 12.5. The van der Waals surface area contributed by atoms with Crippen LogP contribution in [0, 0.1) is 6.92 Å². The summed E-state index contributed by atoms with van der Waals surface area (Å²) in [5.74, 6) is -2.44. The van der Waals surface area contributed by atoms with E-state index < -0.39 is 17.4 Å². The number of halogens is 1. The Morgan fingerprint density at radius 3 is 2.19 bits per heavy atom. The second kappa shape index (κ2) is 4.11. The number of primary amides is 2. The van der Waals surface area contributed by atoms with Crippen molar-refractivity contribution in [3.05, 3.63) is 34.3 Å². The molecule has 0 heterocycles. The maximum absolute atomic E-state index is 11.1. The van der Waals surface area contributed by atoms with Crippen LogP contribution >= 0.6 is 11.6 Å². The Morgan fingerprint density at radius 2 is 1.81 bits per heavy atom. The van der Waals surface area contributed by atoms with Crippen molar-refractivity contribution in [1.82, 2.24) is 0 Å². The normalized spacial score (nSPS) is 11.2. The number of hydrogen-bond donors (Lipinski definition) is 3. The van der Waals surface area contributed by atoms with Crippen LogP contribution in [0.1, 0.15) is 11.1 Å². The predicted octanol–water partition coefficient (Wildman–Crippen LogP) is -0.193. The molecule has 6 heteroatoms. The Kier molecular flexibility index (Phi) is 3.21. The largest absolute Gasteiger partial charge is 0.368 e. The summed E-state index contributed by atoms with van der Waals surface area (Å²) in [4.78, 5) is 22.2. The Bertz CT molecular complexity index is 445. The number of hydrogen-bond acceptors (Lipinski definition) is 3. The lowest BCUT2D eigenvalue weighted by Crippen LogP contribution is -2.51. The smallest absolute Gasteiger partial charge is 0.264 e. The van der Waals surface area contributed by atoms with Gasteiger partial charge in [-0.15, -0.1) is 0 Å². The minimum Gasteiger partial charge on any atom is -0.368 e. The van der Waals surface area contributed by atoms with Crippen molar-refractivity contribution in [3.8, 4) is 0 Å². The van der Waals surface area contributed by atoms with Gasteiger partial charge in [0.1, 0.15) is 0 Å². The van der Waals surface area contributed by atoms with E-state index in [1.165, 1.54) is 18.2 Å². The molecule has 86 valence electrons. The van der Waals surface area contributed by atoms with E-state index >= 15 is 0 Å². The van der Waals surface area contributed by atoms with Crippen LogP contribution in [0.4, 0.5) is 0 Å². The van der Waals surface area contributed by atoms with Crippen LogP contribution in [0.5, 0.6) is 0 Å². The average molecular weight is 243 g/mol. The maximum Gasteiger partial charge on any atom is 0.264 e. The Labute approximate surface area is 97.0 Å². The van der Waals surface area contributed by atoms with Gasteiger partial charge in [0.15, 0.2) is 0 Å². The number of amides is 2. The third kappa shape index (κ3) is 1.87. The molecule has 0 spiro atoms. The molecule has 5 nitrogen and oxygen atoms in total. The molecule has 0 bridgehead atoms. The first-order valence-corrected chi connectivity index (χ1v) is 4.76. The van der Waals surface area contributed by atoms with Crippen molar-refractivity contribution >= 4 is 23.4 Å². The number of carbonyl (C=O) groups is 2. The highest BCUT2D eigenvalue weighted by atomic mass is 35.5. The lowest BCUT2D eigenvalue weighted by molar-refractivity contribution is -0.150. The van der Waals surface area contributed by atoms with Crippen molar-refractivity contribution in [2.24, 2.45) is 11.5 Å². The van der Waals surface area contributed by atoms with Gasteiger partial charge in [0.2, 0.25) is 5.60 Å². The van der Waals surface area contributed by atoms with Crippen LogP contribution in [0.15, 0.2) is 18.2 Å². The summed E-state index contributed by atoms with van der Waals surface area (Å²) in [7, 11) is 0. The van der Waals surface area contributed by atoms with Gasteiger partial charge in [-0.05, 0) is 18.6 Å². The van der Waals surface area contributed by atoms with Gasteiger partial charge in [-0.1, -0.05) is 23.7 Å². The van der Waals surface area contributed by atoms with E-state index in [1.807, 2.05) is 0 Å². The number of nitrogens with two attached hydrogens (primary N) is 2. The molecule has 2 amide bonds. The van der Waals surface area contributed by atoms with E-state index in [2.05, 4.69) is 0 Å². The Balaban J connectivity index is 3.39. The van der Waals surface area contributed by atoms with Crippen molar-refractivity contribution < 1.29 is 14.7 Å². The first kappa shape index (κ1) is 12.5. The molecule has 1 aromatic carbocycles. The minimum absolute atomic E-state index is 0.00870. The number of aryl methyl sites for hydroxylation is 1. The molecule has 1 aromatic rings. The molecule has 0 atom stereocenters. The van der Waals surface area contributed by atoms with Crippen LogP contribution in [-0.2, 0) is 15.2 Å². The van der Waals surface area contributed by atoms with Crippen LogP contribution in [0.2, 0.25) is 5.02 Å². The lowest BCUT2D eigenvalue weighted by Gasteiger charge is -2.21. The van der Waals surface area contributed by atoms with Gasteiger partial charge in [0.25, 0.3) is 11.8 Å². The van der Waals surface area contributed by atoms with Crippen LogP contribution < -0.4 is 11.5 Å². The highest BCUT2D eigenvalue weighted by molar-refractivity contribution is 6.31. The zero-order valence-electron chi connectivity index (χ0n) is 8.53. The molecule has 0 saturated heterocycles. The molecule has 16 heavy (non-hydrogen) atoms. The average Bonchev–Trinajstić information content (AvgIpc) is 2.20. The molecule has 1 rings (SSSR count). The maximum atomic E-state index is 11.1. The van der Waals surface area contributed by atoms with Crippen molar-refractivity contribution in [2.45, 2.75) is 12.5 Å². The highest BCUT2D eigenvalue weighted by Crippen LogP contribution is 2.25. The van der Waals surface area contributed by atoms with Gasteiger partial charge in [0, 0.05) is 10.6 Å². The van der Waals surface area contributed by atoms with Crippen molar-refractivity contribution in [3.63, 3.8) is 0 Å². The van der Waals surface area contributed by atoms with Gasteiger partial charge < -0.3 is 16.6 Å². The summed E-state index contributed by atoms with van der Waals surface area (Å²) in [6.07, 6.45) is 0. The van der Waals surface area contributed by atoms with Crippen LogP contribution in [-0.4, -0.2) is 16.9 Å². The fourth-order valence-corrected chi connectivity index (χ4v) is 1.39. The summed E-state index contributed by atoms with van der Waals surface area (Å²) >= 11 is 5.78. The number of aliphatic hydroxyl groups is 1. The molecular formula is C10H11ClN2O3. The Morgan fingerprint density at radius 1 is 1.31 bits per heavy atom. The number of carbonyl (C=O) groups excluding carboxylic acids is 2. The first-order chi connectivity index (χ1) is 7.30. The zero-order valence-corrected chi connectivity index (χ0v) is 9.28. The fraction of sp³-hybridized carbons (Fsp3) is 0.200. The predicted molar refractivity (Wildman–Crippen MR) is 58.5 cm³/mol. The summed E-state index contributed by atoms with van der Waals surface area (Å²) in [5.41, 5.74) is 8.04. The molecule has 0 radical (unpaired) electrons. The molecule has 0 aromatic heterocycles. The van der Waals surface area contributed by atoms with E-state index in [1.54, 1.807) is 6.92 Å². The standard InChI is InChI=1S/C10H11ClN2O3/c1-5-4-6(2-3-7(5)11)10(16,8(12)14)9(13)15/h2-4,16H,1H3,(H2,12,14)(H2,13,15). The molecule has 0 aliphatic carbocycles. The summed E-state index contributed by atoms with van der Waals surface area (Å²) in [6.45, 7) is 1.66. The topological polar surface area (TPSA) is 106 Å². The molecule has 0 aliphatic rings. The van der Waals surface area contributed by atoms with E-state index in [4.69, 9.17) is 23.1 Å². The molecular weight excluding hydrogens is 232 g/mol. The van der Waals surface area contributed by atoms with E-state index in [9.17, 15) is 14.7 Å². The fourth-order valence-electron chi connectivity index (χ4n) is 1.28. The number of rotatable bonds is 3. The van der Waals surface area contributed by atoms with Crippen LogP contribution in [0.3, 0.4) is 0 Å². The molecule has 0 unspecified atom stereocenters. The third-order valence-electron chi connectivity index (χ3n) is 2.29. The van der Waals surface area contributed by atoms with Crippen molar-refractivity contribution in [1.29, 1.82) is 0 Å². The second-order valence-corrected chi connectivity index (χ2v) is 3.81. The monoisotopic (exact) mass is 242 g/mol. The number of benzene rings is 1. The van der Waals surface area contributed by atoms with E-state index in [0.717, 1.165) is 0 Å². The van der Waals surface area contributed by atoms with Gasteiger partial charge in [-0.2, -0.15) is 0 Å². The van der Waals surface area contributed by atoms with Gasteiger partial charge >= 0.3 is 0 Å². The van der Waals surface area contributed by atoms with Gasteiger partial charge in [-0.3, -0.25) is 9.59 Å².